The Kier molecular flexibility index (Phi) is 4.87. The normalized spacial score (nSPS) is 13.7. The second-order valence-electron chi connectivity index (χ2n) is 4.67. The highest BCUT2D eigenvalue weighted by Gasteiger charge is 2.20. The minimum absolute atomic E-state index is 0.0266. The smallest absolute Gasteiger partial charge is 0.192 e. The largest absolute Gasteiger partial charge is 0.497 e. The van der Waals surface area contributed by atoms with Gasteiger partial charge in [0.2, 0.25) is 0 Å². The number of nitrogens with two attached hydrogens (primary N) is 3. The molecule has 2 unspecified atom stereocenters. The second-order valence-corrected chi connectivity index (χ2v) is 5.78. The van der Waals surface area contributed by atoms with E-state index in [0.717, 1.165) is 11.3 Å². The fourth-order valence-corrected chi connectivity index (χ4v) is 2.97. The van der Waals surface area contributed by atoms with E-state index in [1.54, 1.807) is 7.11 Å². The molecule has 2 rings (SSSR count). The van der Waals surface area contributed by atoms with Crippen LogP contribution in [-0.2, 0) is 0 Å². The second kappa shape index (κ2) is 6.64. The monoisotopic (exact) mass is 305 g/mol. The lowest BCUT2D eigenvalue weighted by Crippen LogP contribution is -2.23. The van der Waals surface area contributed by atoms with Gasteiger partial charge in [0.25, 0.3) is 0 Å². The van der Waals surface area contributed by atoms with Gasteiger partial charge in [0.15, 0.2) is 5.16 Å². The molecule has 0 amide bonds. The van der Waals surface area contributed by atoms with E-state index in [1.807, 2.05) is 31.2 Å². The maximum atomic E-state index is 6.10. The van der Waals surface area contributed by atoms with Crippen molar-refractivity contribution in [3.8, 4) is 5.75 Å². The van der Waals surface area contributed by atoms with Gasteiger partial charge >= 0.3 is 0 Å². The number of methoxy groups -OCH3 is 1. The molecule has 0 aliphatic heterocycles. The standard InChI is InChI=1S/C14H19N5OS/c1-8(15)13(9-4-3-5-10(6-9)20-2)21-14-18-11(16)7-12(17)19-14/h3-8,13H,15H2,1-2H3,(H4,16,17,18,19). The predicted molar refractivity (Wildman–Crippen MR) is 86.1 cm³/mol. The summed E-state index contributed by atoms with van der Waals surface area (Å²) < 4.78 is 5.25. The molecule has 0 saturated heterocycles. The number of benzene rings is 1. The highest BCUT2D eigenvalue weighted by molar-refractivity contribution is 7.99. The molecule has 2 atom stereocenters. The summed E-state index contributed by atoms with van der Waals surface area (Å²) in [5.41, 5.74) is 18.5. The molecule has 0 aliphatic rings. The molecule has 112 valence electrons. The average molecular weight is 305 g/mol. The third-order valence-corrected chi connectivity index (χ3v) is 4.23. The summed E-state index contributed by atoms with van der Waals surface area (Å²) in [7, 11) is 1.63. The first-order chi connectivity index (χ1) is 9.99. The Hall–Kier alpha value is -1.99. The molecular weight excluding hydrogens is 286 g/mol. The summed E-state index contributed by atoms with van der Waals surface area (Å²) in [6.07, 6.45) is 0. The third kappa shape index (κ3) is 3.99. The fraction of sp³-hybridized carbons (Fsp3) is 0.286. The molecule has 0 aliphatic carbocycles. The van der Waals surface area contributed by atoms with Crippen LogP contribution < -0.4 is 21.9 Å². The highest BCUT2D eigenvalue weighted by atomic mass is 32.2. The zero-order chi connectivity index (χ0) is 15.4. The molecule has 1 aromatic heterocycles. The van der Waals surface area contributed by atoms with Crippen LogP contribution in [0.3, 0.4) is 0 Å². The number of aromatic nitrogens is 2. The molecule has 1 aromatic carbocycles. The first-order valence-electron chi connectivity index (χ1n) is 6.46. The first kappa shape index (κ1) is 15.4. The van der Waals surface area contributed by atoms with E-state index in [9.17, 15) is 0 Å². The van der Waals surface area contributed by atoms with Crippen molar-refractivity contribution < 1.29 is 4.74 Å². The summed E-state index contributed by atoms with van der Waals surface area (Å²) in [5, 5.41) is 0.485. The van der Waals surface area contributed by atoms with Gasteiger partial charge in [-0.05, 0) is 24.6 Å². The van der Waals surface area contributed by atoms with Crippen LogP contribution in [0, 0.1) is 0 Å². The number of hydrogen-bond acceptors (Lipinski definition) is 7. The predicted octanol–water partition coefficient (Wildman–Crippen LogP) is 1.83. The van der Waals surface area contributed by atoms with Crippen molar-refractivity contribution in [1.29, 1.82) is 0 Å². The Morgan fingerprint density at radius 2 is 1.81 bits per heavy atom. The highest BCUT2D eigenvalue weighted by Crippen LogP contribution is 2.37. The van der Waals surface area contributed by atoms with Gasteiger partial charge in [-0.3, -0.25) is 0 Å². The number of rotatable bonds is 5. The van der Waals surface area contributed by atoms with E-state index in [1.165, 1.54) is 17.8 Å². The SMILES string of the molecule is COc1cccc(C(Sc2nc(N)cc(N)n2)C(C)N)c1. The van der Waals surface area contributed by atoms with Crippen LogP contribution in [0.4, 0.5) is 11.6 Å². The molecule has 0 fully saturated rings. The molecule has 21 heavy (non-hydrogen) atoms. The molecule has 0 bridgehead atoms. The zero-order valence-corrected chi connectivity index (χ0v) is 12.8. The number of nitrogen functional groups attached to an aromatic ring is 2. The van der Waals surface area contributed by atoms with Crippen LogP contribution in [0.1, 0.15) is 17.7 Å². The van der Waals surface area contributed by atoms with Crippen molar-refractivity contribution in [2.45, 2.75) is 23.4 Å². The lowest BCUT2D eigenvalue weighted by atomic mass is 10.1. The summed E-state index contributed by atoms with van der Waals surface area (Å²) in [4.78, 5) is 8.37. The summed E-state index contributed by atoms with van der Waals surface area (Å²) in [5.74, 6) is 1.48. The number of thioether (sulfide) groups is 1. The van der Waals surface area contributed by atoms with E-state index < -0.39 is 0 Å². The van der Waals surface area contributed by atoms with Crippen LogP contribution in [0.15, 0.2) is 35.5 Å². The van der Waals surface area contributed by atoms with Crippen LogP contribution in [0.2, 0.25) is 0 Å². The quantitative estimate of drug-likeness (QED) is 0.570. The Morgan fingerprint density at radius 3 is 2.38 bits per heavy atom. The molecule has 0 spiro atoms. The van der Waals surface area contributed by atoms with Gasteiger partial charge < -0.3 is 21.9 Å². The molecule has 6 N–H and O–H groups in total. The lowest BCUT2D eigenvalue weighted by molar-refractivity contribution is 0.414. The number of nitrogens with zero attached hydrogens (tertiary/aromatic N) is 2. The van der Waals surface area contributed by atoms with Gasteiger partial charge in [-0.15, -0.1) is 0 Å². The van der Waals surface area contributed by atoms with E-state index in [-0.39, 0.29) is 11.3 Å². The topological polar surface area (TPSA) is 113 Å². The average Bonchev–Trinajstić information content (AvgIpc) is 2.43. The summed E-state index contributed by atoms with van der Waals surface area (Å²) >= 11 is 1.43. The molecule has 1 heterocycles. The van der Waals surface area contributed by atoms with Crippen molar-refractivity contribution in [2.75, 3.05) is 18.6 Å². The maximum absolute atomic E-state index is 6.10. The first-order valence-corrected chi connectivity index (χ1v) is 7.34. The molecule has 0 saturated carbocycles. The van der Waals surface area contributed by atoms with Crippen LogP contribution in [0.5, 0.6) is 5.75 Å². The minimum Gasteiger partial charge on any atom is -0.497 e. The maximum Gasteiger partial charge on any atom is 0.192 e. The third-order valence-electron chi connectivity index (χ3n) is 2.88. The van der Waals surface area contributed by atoms with Crippen molar-refractivity contribution in [1.82, 2.24) is 9.97 Å². The fourth-order valence-electron chi connectivity index (χ4n) is 1.93. The van der Waals surface area contributed by atoms with Crippen molar-refractivity contribution in [3.63, 3.8) is 0 Å². The number of hydrogen-bond donors (Lipinski definition) is 3. The van der Waals surface area contributed by atoms with Crippen LogP contribution in [-0.4, -0.2) is 23.1 Å². The van der Waals surface area contributed by atoms with Gasteiger partial charge in [-0.2, -0.15) is 0 Å². The van der Waals surface area contributed by atoms with Crippen molar-refractivity contribution in [3.05, 3.63) is 35.9 Å². The molecule has 2 aromatic rings. The van der Waals surface area contributed by atoms with E-state index in [2.05, 4.69) is 9.97 Å². The van der Waals surface area contributed by atoms with Gasteiger partial charge in [0.1, 0.15) is 17.4 Å². The van der Waals surface area contributed by atoms with Crippen LogP contribution >= 0.6 is 11.8 Å². The van der Waals surface area contributed by atoms with Gasteiger partial charge in [-0.25, -0.2) is 9.97 Å². The Morgan fingerprint density at radius 1 is 1.14 bits per heavy atom. The summed E-state index contributed by atoms with van der Waals surface area (Å²) in [6, 6.07) is 9.19. The van der Waals surface area contributed by atoms with Gasteiger partial charge in [-0.1, -0.05) is 23.9 Å². The van der Waals surface area contributed by atoms with Gasteiger partial charge in [0, 0.05) is 12.1 Å². The van der Waals surface area contributed by atoms with Crippen molar-refractivity contribution >= 4 is 23.4 Å². The number of ether oxygens (including phenoxy) is 1. The van der Waals surface area contributed by atoms with Gasteiger partial charge in [0.05, 0.1) is 12.4 Å². The summed E-state index contributed by atoms with van der Waals surface area (Å²) in [6.45, 7) is 1.94. The Balaban J connectivity index is 2.30. The lowest BCUT2D eigenvalue weighted by Gasteiger charge is -2.20. The van der Waals surface area contributed by atoms with Crippen LogP contribution in [0.25, 0.3) is 0 Å². The molecule has 6 nitrogen and oxygen atoms in total. The van der Waals surface area contributed by atoms with E-state index in [0.29, 0.717) is 16.8 Å². The van der Waals surface area contributed by atoms with E-state index >= 15 is 0 Å². The molecule has 7 heteroatoms. The molecular formula is C14H19N5OS. The minimum atomic E-state index is -0.103. The Bertz CT molecular complexity index is 600. The number of anilines is 2. The zero-order valence-electron chi connectivity index (χ0n) is 12.0. The van der Waals surface area contributed by atoms with Crippen molar-refractivity contribution in [2.24, 2.45) is 5.73 Å². The molecule has 0 radical (unpaired) electrons. The Labute approximate surface area is 128 Å². The van der Waals surface area contributed by atoms with E-state index in [4.69, 9.17) is 21.9 Å².